The number of nitrogens with zero attached hydrogens (tertiary/aromatic N) is 2. The largest absolute Gasteiger partial charge is 0.424 e. The molecule has 0 saturated carbocycles. The van der Waals surface area contributed by atoms with E-state index in [1.54, 1.807) is 6.07 Å². The maximum Gasteiger partial charge on any atom is 0.416 e. The molecular formula is C12H10F3N3O. The van der Waals surface area contributed by atoms with Crippen LogP contribution in [0, 0.1) is 0 Å². The van der Waals surface area contributed by atoms with Crippen molar-refractivity contribution < 1.29 is 17.9 Å². The Bertz CT molecular complexity index is 555. The van der Waals surface area contributed by atoms with Crippen LogP contribution in [0.15, 0.2) is 36.5 Å². The van der Waals surface area contributed by atoms with Crippen molar-refractivity contribution in [1.29, 1.82) is 0 Å². The molecule has 4 nitrogen and oxygen atoms in total. The van der Waals surface area contributed by atoms with E-state index < -0.39 is 11.7 Å². The van der Waals surface area contributed by atoms with E-state index in [0.717, 1.165) is 12.1 Å². The highest BCUT2D eigenvalue weighted by molar-refractivity contribution is 5.30. The highest BCUT2D eigenvalue weighted by Crippen LogP contribution is 2.30. The fraction of sp³-hybridized carbons (Fsp3) is 0.167. The number of aromatic nitrogens is 2. The van der Waals surface area contributed by atoms with Crippen LogP contribution in [0.4, 0.5) is 13.2 Å². The van der Waals surface area contributed by atoms with E-state index in [0.29, 0.717) is 5.69 Å². The number of nitrogens with two attached hydrogens (primary N) is 1. The van der Waals surface area contributed by atoms with Crippen LogP contribution in [0.25, 0.3) is 0 Å². The zero-order valence-electron chi connectivity index (χ0n) is 9.69. The lowest BCUT2D eigenvalue weighted by Crippen LogP contribution is -2.04. The quantitative estimate of drug-likeness (QED) is 0.930. The Morgan fingerprint density at radius 1 is 1.11 bits per heavy atom. The number of benzene rings is 1. The van der Waals surface area contributed by atoms with Gasteiger partial charge in [-0.05, 0) is 30.3 Å². The number of halogens is 3. The Morgan fingerprint density at radius 3 is 2.37 bits per heavy atom. The van der Waals surface area contributed by atoms with Gasteiger partial charge in [0.15, 0.2) is 0 Å². The molecular weight excluding hydrogens is 259 g/mol. The molecule has 0 fully saturated rings. The Balaban J connectivity index is 2.15. The summed E-state index contributed by atoms with van der Waals surface area (Å²) in [6.45, 7) is 0.228. The Kier molecular flexibility index (Phi) is 3.66. The third-order valence-corrected chi connectivity index (χ3v) is 2.29. The minimum absolute atomic E-state index is 0.0442. The second-order valence-corrected chi connectivity index (χ2v) is 3.66. The van der Waals surface area contributed by atoms with Crippen LogP contribution in [0.2, 0.25) is 0 Å². The zero-order valence-corrected chi connectivity index (χ0v) is 9.69. The lowest BCUT2D eigenvalue weighted by Gasteiger charge is -2.08. The van der Waals surface area contributed by atoms with Gasteiger partial charge in [0, 0.05) is 12.7 Å². The molecule has 1 heterocycles. The molecule has 0 saturated heterocycles. The second kappa shape index (κ2) is 5.23. The Hall–Kier alpha value is -2.15. The molecule has 0 aliphatic heterocycles. The molecule has 1 aromatic heterocycles. The minimum Gasteiger partial charge on any atom is -0.424 e. The fourth-order valence-corrected chi connectivity index (χ4v) is 1.36. The van der Waals surface area contributed by atoms with E-state index in [1.165, 1.54) is 18.3 Å². The van der Waals surface area contributed by atoms with Crippen molar-refractivity contribution in [2.45, 2.75) is 12.7 Å². The first-order valence-electron chi connectivity index (χ1n) is 5.36. The number of rotatable bonds is 3. The topological polar surface area (TPSA) is 61.0 Å². The molecule has 100 valence electrons. The van der Waals surface area contributed by atoms with Crippen molar-refractivity contribution in [3.05, 3.63) is 47.8 Å². The van der Waals surface area contributed by atoms with Gasteiger partial charge < -0.3 is 10.5 Å². The van der Waals surface area contributed by atoms with Gasteiger partial charge in [-0.25, -0.2) is 4.98 Å². The summed E-state index contributed by atoms with van der Waals surface area (Å²) in [4.78, 5) is 7.82. The van der Waals surface area contributed by atoms with E-state index in [4.69, 9.17) is 10.5 Å². The molecule has 0 radical (unpaired) electrons. The number of ether oxygens (including phenoxy) is 1. The number of alkyl halides is 3. The molecule has 0 amide bonds. The van der Waals surface area contributed by atoms with Gasteiger partial charge in [-0.15, -0.1) is 0 Å². The average Bonchev–Trinajstić information content (AvgIpc) is 2.38. The van der Waals surface area contributed by atoms with Crippen LogP contribution in [0.5, 0.6) is 11.8 Å². The molecule has 0 aliphatic carbocycles. The molecule has 19 heavy (non-hydrogen) atoms. The third kappa shape index (κ3) is 3.41. The van der Waals surface area contributed by atoms with Crippen molar-refractivity contribution in [2.75, 3.05) is 0 Å². The second-order valence-electron chi connectivity index (χ2n) is 3.66. The summed E-state index contributed by atoms with van der Waals surface area (Å²) in [6, 6.07) is 5.95. The smallest absolute Gasteiger partial charge is 0.416 e. The van der Waals surface area contributed by atoms with Crippen LogP contribution in [0.3, 0.4) is 0 Å². The maximum atomic E-state index is 12.4. The predicted molar refractivity (Wildman–Crippen MR) is 61.4 cm³/mol. The molecule has 2 aromatic rings. The molecule has 0 aliphatic rings. The van der Waals surface area contributed by atoms with Crippen LogP contribution in [-0.4, -0.2) is 9.97 Å². The monoisotopic (exact) mass is 269 g/mol. The summed E-state index contributed by atoms with van der Waals surface area (Å²) in [5.74, 6) is 0.224. The van der Waals surface area contributed by atoms with Gasteiger partial charge in [0.2, 0.25) is 0 Å². The van der Waals surface area contributed by atoms with Crippen molar-refractivity contribution >= 4 is 0 Å². The average molecular weight is 269 g/mol. The zero-order chi connectivity index (χ0) is 13.9. The van der Waals surface area contributed by atoms with Crippen LogP contribution < -0.4 is 10.5 Å². The number of hydrogen-bond acceptors (Lipinski definition) is 4. The Labute approximate surface area is 107 Å². The summed E-state index contributed by atoms with van der Waals surface area (Å²) in [7, 11) is 0. The molecule has 0 bridgehead atoms. The van der Waals surface area contributed by atoms with Crippen LogP contribution in [0.1, 0.15) is 11.3 Å². The lowest BCUT2D eigenvalue weighted by molar-refractivity contribution is -0.137. The van der Waals surface area contributed by atoms with Crippen molar-refractivity contribution in [3.63, 3.8) is 0 Å². The fourth-order valence-electron chi connectivity index (χ4n) is 1.36. The molecule has 2 N–H and O–H groups in total. The predicted octanol–water partition coefficient (Wildman–Crippen LogP) is 2.75. The van der Waals surface area contributed by atoms with Gasteiger partial charge in [0.25, 0.3) is 0 Å². The van der Waals surface area contributed by atoms with Gasteiger partial charge in [0.1, 0.15) is 5.75 Å². The van der Waals surface area contributed by atoms with E-state index in [1.807, 2.05) is 0 Å². The van der Waals surface area contributed by atoms with E-state index >= 15 is 0 Å². The third-order valence-electron chi connectivity index (χ3n) is 2.29. The summed E-state index contributed by atoms with van der Waals surface area (Å²) in [5, 5.41) is 0. The Morgan fingerprint density at radius 2 is 1.79 bits per heavy atom. The highest BCUT2D eigenvalue weighted by Gasteiger charge is 2.30. The summed E-state index contributed by atoms with van der Waals surface area (Å²) in [5.41, 5.74) is 5.25. The van der Waals surface area contributed by atoms with Crippen molar-refractivity contribution in [1.82, 2.24) is 9.97 Å². The van der Waals surface area contributed by atoms with Crippen molar-refractivity contribution in [2.24, 2.45) is 5.73 Å². The minimum atomic E-state index is -4.37. The van der Waals surface area contributed by atoms with E-state index in [2.05, 4.69) is 9.97 Å². The van der Waals surface area contributed by atoms with Gasteiger partial charge in [-0.2, -0.15) is 18.2 Å². The van der Waals surface area contributed by atoms with Gasteiger partial charge in [-0.1, -0.05) is 0 Å². The standard InChI is InChI=1S/C12H10F3N3O/c13-12(14,15)8-1-3-10(4-2-8)19-11-17-6-5-9(7-16)18-11/h1-6H,7,16H2. The van der Waals surface area contributed by atoms with E-state index in [-0.39, 0.29) is 18.3 Å². The van der Waals surface area contributed by atoms with Crippen LogP contribution >= 0.6 is 0 Å². The summed E-state index contributed by atoms with van der Waals surface area (Å²) in [6.07, 6.45) is -2.90. The molecule has 0 unspecified atom stereocenters. The van der Waals surface area contributed by atoms with Gasteiger partial charge in [-0.3, -0.25) is 0 Å². The normalized spacial score (nSPS) is 11.4. The molecule has 2 rings (SSSR count). The van der Waals surface area contributed by atoms with Crippen LogP contribution in [-0.2, 0) is 12.7 Å². The highest BCUT2D eigenvalue weighted by atomic mass is 19.4. The summed E-state index contributed by atoms with van der Waals surface area (Å²) < 4.78 is 42.3. The first-order valence-corrected chi connectivity index (χ1v) is 5.36. The van der Waals surface area contributed by atoms with Gasteiger partial charge in [0.05, 0.1) is 11.3 Å². The lowest BCUT2D eigenvalue weighted by atomic mass is 10.2. The molecule has 0 spiro atoms. The van der Waals surface area contributed by atoms with Crippen molar-refractivity contribution in [3.8, 4) is 11.8 Å². The first kappa shape index (κ1) is 13.3. The van der Waals surface area contributed by atoms with E-state index in [9.17, 15) is 13.2 Å². The van der Waals surface area contributed by atoms with Gasteiger partial charge >= 0.3 is 12.2 Å². The molecule has 1 aromatic carbocycles. The maximum absolute atomic E-state index is 12.4. The summed E-state index contributed by atoms with van der Waals surface area (Å²) >= 11 is 0. The number of hydrogen-bond donors (Lipinski definition) is 1. The molecule has 7 heteroatoms. The SMILES string of the molecule is NCc1ccnc(Oc2ccc(C(F)(F)F)cc2)n1. The molecule has 0 atom stereocenters. The first-order chi connectivity index (χ1) is 8.99.